The molecule has 1 N–H and O–H groups in total. The molecule has 0 spiro atoms. The van der Waals surface area contributed by atoms with Crippen LogP contribution in [0.2, 0.25) is 0 Å². The molecule has 0 saturated carbocycles. The van der Waals surface area contributed by atoms with Gasteiger partial charge < -0.3 is 19.5 Å². The van der Waals surface area contributed by atoms with Crippen molar-refractivity contribution >= 4 is 17.4 Å². The lowest BCUT2D eigenvalue weighted by Gasteiger charge is -2.25. The molecule has 26 heavy (non-hydrogen) atoms. The Bertz CT molecular complexity index is 678. The molecule has 1 fully saturated rings. The Morgan fingerprint density at radius 2 is 2.42 bits per heavy atom. The molecule has 0 aromatic carbocycles. The number of hydrogen-bond acceptors (Lipinski definition) is 4. The van der Waals surface area contributed by atoms with Gasteiger partial charge in [0.1, 0.15) is 0 Å². The zero-order valence-electron chi connectivity index (χ0n) is 15.6. The summed E-state index contributed by atoms with van der Waals surface area (Å²) in [5.74, 6) is 0.535. The van der Waals surface area contributed by atoms with Crippen LogP contribution in [-0.4, -0.2) is 39.7 Å². The highest BCUT2D eigenvalue weighted by molar-refractivity contribution is 7.07. The van der Waals surface area contributed by atoms with Gasteiger partial charge in [-0.2, -0.15) is 11.3 Å². The van der Waals surface area contributed by atoms with Crippen LogP contribution in [0.15, 0.2) is 29.4 Å². The molecular weight excluding hydrogens is 348 g/mol. The highest BCUT2D eigenvalue weighted by Gasteiger charge is 2.23. The summed E-state index contributed by atoms with van der Waals surface area (Å²) >= 11 is 1.65. The van der Waals surface area contributed by atoms with Crippen LogP contribution >= 0.6 is 11.3 Å². The number of hydrogen-bond donors (Lipinski definition) is 1. The monoisotopic (exact) mass is 376 g/mol. The van der Waals surface area contributed by atoms with E-state index in [1.807, 2.05) is 22.8 Å². The van der Waals surface area contributed by atoms with Gasteiger partial charge in [0.25, 0.3) is 0 Å². The van der Waals surface area contributed by atoms with Crippen LogP contribution in [0.5, 0.6) is 0 Å². The molecule has 2 amide bonds. The Morgan fingerprint density at radius 3 is 3.12 bits per heavy atom. The molecule has 1 unspecified atom stereocenters. The molecule has 142 valence electrons. The minimum atomic E-state index is -0.0519. The second-order valence-corrected chi connectivity index (χ2v) is 8.02. The van der Waals surface area contributed by atoms with Crippen molar-refractivity contribution < 1.29 is 9.53 Å². The quantitative estimate of drug-likeness (QED) is 0.767. The number of thiophene rings is 1. The van der Waals surface area contributed by atoms with Gasteiger partial charge in [-0.15, -0.1) is 0 Å². The van der Waals surface area contributed by atoms with Crippen molar-refractivity contribution in [2.75, 3.05) is 13.2 Å². The summed E-state index contributed by atoms with van der Waals surface area (Å²) < 4.78 is 7.84. The number of ether oxygens (including phenoxy) is 1. The van der Waals surface area contributed by atoms with E-state index in [1.54, 1.807) is 11.3 Å². The fourth-order valence-corrected chi connectivity index (χ4v) is 3.85. The molecule has 0 radical (unpaired) electrons. The van der Waals surface area contributed by atoms with Crippen molar-refractivity contribution in [2.45, 2.75) is 52.4 Å². The molecule has 1 atom stereocenters. The summed E-state index contributed by atoms with van der Waals surface area (Å²) in [6.45, 7) is 7.77. The van der Waals surface area contributed by atoms with Gasteiger partial charge in [0.2, 0.25) is 0 Å². The Kier molecular flexibility index (Phi) is 6.68. The number of carbonyl (C=O) groups is 1. The van der Waals surface area contributed by atoms with Gasteiger partial charge in [-0.1, -0.05) is 13.8 Å². The van der Waals surface area contributed by atoms with Gasteiger partial charge >= 0.3 is 6.03 Å². The molecule has 6 nitrogen and oxygen atoms in total. The van der Waals surface area contributed by atoms with E-state index in [9.17, 15) is 4.79 Å². The van der Waals surface area contributed by atoms with Gasteiger partial charge in [0.05, 0.1) is 24.7 Å². The van der Waals surface area contributed by atoms with E-state index in [1.165, 1.54) is 0 Å². The molecule has 2 aromatic rings. The first-order valence-corrected chi connectivity index (χ1v) is 10.2. The van der Waals surface area contributed by atoms with Crippen molar-refractivity contribution in [3.8, 4) is 0 Å². The third-order valence-corrected chi connectivity index (χ3v) is 5.20. The Hall–Kier alpha value is -1.86. The maximum absolute atomic E-state index is 12.8. The van der Waals surface area contributed by atoms with Gasteiger partial charge in [-0.25, -0.2) is 9.78 Å². The molecule has 1 aliphatic rings. The molecule has 1 saturated heterocycles. The van der Waals surface area contributed by atoms with E-state index in [4.69, 9.17) is 4.74 Å². The van der Waals surface area contributed by atoms with Gasteiger partial charge in [-0.05, 0) is 41.1 Å². The molecule has 0 aliphatic carbocycles. The second-order valence-electron chi connectivity index (χ2n) is 7.24. The number of aromatic nitrogens is 2. The molecule has 2 aromatic heterocycles. The number of nitrogens with one attached hydrogen (secondary N) is 1. The van der Waals surface area contributed by atoms with Crippen LogP contribution in [0.1, 0.15) is 37.9 Å². The van der Waals surface area contributed by atoms with Crippen molar-refractivity contribution in [2.24, 2.45) is 5.92 Å². The summed E-state index contributed by atoms with van der Waals surface area (Å²) in [5.41, 5.74) is 2.19. The number of imidazole rings is 1. The third kappa shape index (κ3) is 5.32. The first-order chi connectivity index (χ1) is 12.6. The fourth-order valence-electron chi connectivity index (χ4n) is 3.19. The first-order valence-electron chi connectivity index (χ1n) is 9.26. The highest BCUT2D eigenvalue weighted by atomic mass is 32.1. The summed E-state index contributed by atoms with van der Waals surface area (Å²) in [7, 11) is 0. The maximum atomic E-state index is 12.8. The van der Waals surface area contributed by atoms with Crippen molar-refractivity contribution in [3.63, 3.8) is 0 Å². The Morgan fingerprint density at radius 1 is 1.54 bits per heavy atom. The van der Waals surface area contributed by atoms with E-state index >= 15 is 0 Å². The smallest absolute Gasteiger partial charge is 0.318 e. The van der Waals surface area contributed by atoms with Crippen molar-refractivity contribution in [3.05, 3.63) is 40.6 Å². The minimum Gasteiger partial charge on any atom is -0.376 e. The zero-order valence-corrected chi connectivity index (χ0v) is 16.4. The van der Waals surface area contributed by atoms with E-state index in [-0.39, 0.29) is 12.1 Å². The lowest BCUT2D eigenvalue weighted by molar-refractivity contribution is 0.0794. The van der Waals surface area contributed by atoms with E-state index < -0.39 is 0 Å². The molecular formula is C19H28N4O2S. The standard InChI is InChI=1S/C19H28N4O2S/c1-15(2)10-23-14-20-8-17(23)9-21-19(24)22(11-16-5-7-26-13-16)12-18-4-3-6-25-18/h5,7-8,13-15,18H,3-4,6,9-12H2,1-2H3,(H,21,24). The van der Waals surface area contributed by atoms with Crippen molar-refractivity contribution in [1.82, 2.24) is 19.8 Å². The van der Waals surface area contributed by atoms with Gasteiger partial charge in [0, 0.05) is 32.4 Å². The van der Waals surface area contributed by atoms with Crippen LogP contribution in [0.3, 0.4) is 0 Å². The van der Waals surface area contributed by atoms with Gasteiger partial charge in [0.15, 0.2) is 0 Å². The fraction of sp³-hybridized carbons (Fsp3) is 0.579. The number of urea groups is 1. The van der Waals surface area contributed by atoms with Crippen LogP contribution in [0.4, 0.5) is 4.79 Å². The number of carbonyl (C=O) groups excluding carboxylic acids is 1. The summed E-state index contributed by atoms with van der Waals surface area (Å²) in [4.78, 5) is 18.9. The molecule has 1 aliphatic heterocycles. The van der Waals surface area contributed by atoms with Crippen LogP contribution in [0, 0.1) is 5.92 Å². The molecule has 3 heterocycles. The number of nitrogens with zero attached hydrogens (tertiary/aromatic N) is 3. The highest BCUT2D eigenvalue weighted by Crippen LogP contribution is 2.16. The molecule has 7 heteroatoms. The average Bonchev–Trinajstić information content (AvgIpc) is 3.35. The Labute approximate surface area is 159 Å². The summed E-state index contributed by atoms with van der Waals surface area (Å²) in [6, 6.07) is 2.02. The maximum Gasteiger partial charge on any atom is 0.318 e. The van der Waals surface area contributed by atoms with Crippen molar-refractivity contribution in [1.29, 1.82) is 0 Å². The van der Waals surface area contributed by atoms with Crippen LogP contribution in [-0.2, 0) is 24.4 Å². The normalized spacial score (nSPS) is 17.0. The molecule has 0 bridgehead atoms. The first kappa shape index (κ1) is 18.9. The van der Waals surface area contributed by atoms with Crippen LogP contribution < -0.4 is 5.32 Å². The topological polar surface area (TPSA) is 59.4 Å². The van der Waals surface area contributed by atoms with E-state index in [0.717, 1.165) is 37.3 Å². The largest absolute Gasteiger partial charge is 0.376 e. The second kappa shape index (κ2) is 9.19. The van der Waals surface area contributed by atoms with E-state index in [0.29, 0.717) is 25.6 Å². The number of rotatable bonds is 8. The third-order valence-electron chi connectivity index (χ3n) is 4.47. The zero-order chi connectivity index (χ0) is 18.4. The summed E-state index contributed by atoms with van der Waals surface area (Å²) in [5, 5.41) is 7.19. The minimum absolute atomic E-state index is 0.0519. The lowest BCUT2D eigenvalue weighted by Crippen LogP contribution is -2.43. The number of amides is 2. The predicted octanol–water partition coefficient (Wildman–Crippen LogP) is 3.49. The SMILES string of the molecule is CC(C)Cn1cncc1CNC(=O)N(Cc1ccsc1)CC1CCCO1. The lowest BCUT2D eigenvalue weighted by atomic mass is 10.2. The van der Waals surface area contributed by atoms with Gasteiger partial charge in [-0.3, -0.25) is 0 Å². The van der Waals surface area contributed by atoms with Crippen LogP contribution in [0.25, 0.3) is 0 Å². The molecule has 3 rings (SSSR count). The Balaban J connectivity index is 1.60. The summed E-state index contributed by atoms with van der Waals surface area (Å²) in [6.07, 6.45) is 5.90. The predicted molar refractivity (Wildman–Crippen MR) is 103 cm³/mol. The van der Waals surface area contributed by atoms with E-state index in [2.05, 4.69) is 40.2 Å². The average molecular weight is 377 g/mol.